The Balaban J connectivity index is 2.25. The van der Waals surface area contributed by atoms with E-state index in [9.17, 15) is 4.79 Å². The maximum atomic E-state index is 13.1. The first kappa shape index (κ1) is 19.5. The number of hydrogen-bond donors (Lipinski definition) is 0. The fourth-order valence-electron chi connectivity index (χ4n) is 3.04. The molecule has 2 rings (SSSR count). The van der Waals surface area contributed by atoms with Crippen molar-refractivity contribution in [3.8, 4) is 0 Å². The first-order chi connectivity index (χ1) is 12.1. The van der Waals surface area contributed by atoms with Gasteiger partial charge in [0.05, 0.1) is 0 Å². The van der Waals surface area contributed by atoms with Crippen LogP contribution in [0.3, 0.4) is 0 Å². The lowest BCUT2D eigenvalue weighted by atomic mass is 10.0. The van der Waals surface area contributed by atoms with Gasteiger partial charge in [0.2, 0.25) is 5.91 Å². The zero-order valence-corrected chi connectivity index (χ0v) is 16.4. The molecule has 0 heterocycles. The quantitative estimate of drug-likeness (QED) is 0.653. The molecule has 0 aromatic heterocycles. The predicted molar refractivity (Wildman–Crippen MR) is 107 cm³/mol. The van der Waals surface area contributed by atoms with Gasteiger partial charge in [-0.1, -0.05) is 42.5 Å². The molecule has 0 spiro atoms. The third-order valence-electron chi connectivity index (χ3n) is 4.46. The molecule has 0 radical (unpaired) electrons. The number of benzene rings is 2. The SMILES string of the molecule is CCN(CC)C(=O)C(c1ccccc1)N(C)Cc1ccc(SC)cc1. The monoisotopic (exact) mass is 356 g/mol. The highest BCUT2D eigenvalue weighted by molar-refractivity contribution is 7.98. The Morgan fingerprint density at radius 1 is 1.00 bits per heavy atom. The average Bonchev–Trinajstić information content (AvgIpc) is 2.64. The molecule has 0 saturated carbocycles. The number of nitrogens with zero attached hydrogens (tertiary/aromatic N) is 2. The van der Waals surface area contributed by atoms with Crippen molar-refractivity contribution in [3.05, 3.63) is 65.7 Å². The molecule has 0 fully saturated rings. The smallest absolute Gasteiger partial charge is 0.244 e. The summed E-state index contributed by atoms with van der Waals surface area (Å²) in [6.45, 7) is 6.26. The Morgan fingerprint density at radius 2 is 1.60 bits per heavy atom. The molecule has 4 heteroatoms. The molecular formula is C21H28N2OS. The van der Waals surface area contributed by atoms with E-state index in [-0.39, 0.29) is 11.9 Å². The molecular weight excluding hydrogens is 328 g/mol. The summed E-state index contributed by atoms with van der Waals surface area (Å²) in [6.07, 6.45) is 2.08. The van der Waals surface area contributed by atoms with E-state index in [0.29, 0.717) is 0 Å². The third-order valence-corrected chi connectivity index (χ3v) is 5.20. The van der Waals surface area contributed by atoms with Crippen molar-refractivity contribution >= 4 is 17.7 Å². The highest BCUT2D eigenvalue weighted by Gasteiger charge is 2.28. The van der Waals surface area contributed by atoms with Crippen LogP contribution in [0.15, 0.2) is 59.5 Å². The second-order valence-corrected chi connectivity index (χ2v) is 6.97. The van der Waals surface area contributed by atoms with E-state index in [2.05, 4.69) is 35.4 Å². The lowest BCUT2D eigenvalue weighted by molar-refractivity contribution is -0.136. The molecule has 2 aromatic carbocycles. The number of carbonyl (C=O) groups excluding carboxylic acids is 1. The molecule has 0 aliphatic heterocycles. The van der Waals surface area contributed by atoms with Crippen LogP contribution in [0.2, 0.25) is 0 Å². The number of amides is 1. The summed E-state index contributed by atoms with van der Waals surface area (Å²) in [4.78, 5) is 18.4. The van der Waals surface area contributed by atoms with Gasteiger partial charge in [0.1, 0.15) is 6.04 Å². The van der Waals surface area contributed by atoms with Gasteiger partial charge < -0.3 is 4.90 Å². The molecule has 0 bridgehead atoms. The largest absolute Gasteiger partial charge is 0.342 e. The molecule has 0 aliphatic rings. The Morgan fingerprint density at radius 3 is 2.12 bits per heavy atom. The van der Waals surface area contributed by atoms with Crippen LogP contribution in [-0.2, 0) is 11.3 Å². The first-order valence-electron chi connectivity index (χ1n) is 8.77. The van der Waals surface area contributed by atoms with Crippen molar-refractivity contribution in [2.75, 3.05) is 26.4 Å². The minimum Gasteiger partial charge on any atom is -0.342 e. The summed E-state index contributed by atoms with van der Waals surface area (Å²) >= 11 is 1.74. The van der Waals surface area contributed by atoms with E-state index in [1.54, 1.807) is 11.8 Å². The molecule has 25 heavy (non-hydrogen) atoms. The summed E-state index contributed by atoms with van der Waals surface area (Å²) in [5.74, 6) is 0.166. The van der Waals surface area contributed by atoms with Crippen molar-refractivity contribution in [2.24, 2.45) is 0 Å². The summed E-state index contributed by atoms with van der Waals surface area (Å²) in [5, 5.41) is 0. The van der Waals surface area contributed by atoms with Crippen molar-refractivity contribution in [1.82, 2.24) is 9.80 Å². The second-order valence-electron chi connectivity index (χ2n) is 6.09. The number of carbonyl (C=O) groups is 1. The van der Waals surface area contributed by atoms with Crippen LogP contribution in [0, 0.1) is 0 Å². The zero-order valence-electron chi connectivity index (χ0n) is 15.6. The summed E-state index contributed by atoms with van der Waals surface area (Å²) in [6, 6.07) is 18.4. The Kier molecular flexibility index (Phi) is 7.53. The van der Waals surface area contributed by atoms with E-state index in [1.165, 1.54) is 10.5 Å². The van der Waals surface area contributed by atoms with Crippen molar-refractivity contribution < 1.29 is 4.79 Å². The molecule has 1 atom stereocenters. The standard InChI is InChI=1S/C21H28N2OS/c1-5-23(6-2)21(24)20(18-10-8-7-9-11-18)22(3)16-17-12-14-19(25-4)15-13-17/h7-15,20H,5-6,16H2,1-4H3. The van der Waals surface area contributed by atoms with E-state index in [0.717, 1.165) is 25.2 Å². The molecule has 1 unspecified atom stereocenters. The van der Waals surface area contributed by atoms with Crippen molar-refractivity contribution in [2.45, 2.75) is 31.3 Å². The maximum Gasteiger partial charge on any atom is 0.244 e. The van der Waals surface area contributed by atoms with Crippen LogP contribution in [0.5, 0.6) is 0 Å². The number of hydrogen-bond acceptors (Lipinski definition) is 3. The maximum absolute atomic E-state index is 13.1. The van der Waals surface area contributed by atoms with Gasteiger partial charge in [-0.25, -0.2) is 0 Å². The lowest BCUT2D eigenvalue weighted by Crippen LogP contribution is -2.41. The third kappa shape index (κ3) is 5.10. The van der Waals surface area contributed by atoms with Gasteiger partial charge in [-0.3, -0.25) is 9.69 Å². The minimum atomic E-state index is -0.263. The molecule has 0 aliphatic carbocycles. The molecule has 0 saturated heterocycles. The van der Waals surface area contributed by atoms with E-state index in [4.69, 9.17) is 0 Å². The van der Waals surface area contributed by atoms with Crippen LogP contribution in [0.25, 0.3) is 0 Å². The molecule has 3 nitrogen and oxygen atoms in total. The van der Waals surface area contributed by atoms with E-state index < -0.39 is 0 Å². The van der Waals surface area contributed by atoms with Gasteiger partial charge in [-0.2, -0.15) is 0 Å². The lowest BCUT2D eigenvalue weighted by Gasteiger charge is -2.32. The first-order valence-corrected chi connectivity index (χ1v) is 10.00. The zero-order chi connectivity index (χ0) is 18.2. The average molecular weight is 357 g/mol. The van der Waals surface area contributed by atoms with Gasteiger partial charge in [0, 0.05) is 24.5 Å². The fourth-order valence-corrected chi connectivity index (χ4v) is 3.45. The van der Waals surface area contributed by atoms with Crippen LogP contribution in [-0.4, -0.2) is 42.1 Å². The van der Waals surface area contributed by atoms with Crippen molar-refractivity contribution in [3.63, 3.8) is 0 Å². The van der Waals surface area contributed by atoms with Crippen molar-refractivity contribution in [1.29, 1.82) is 0 Å². The predicted octanol–water partition coefficient (Wildman–Crippen LogP) is 4.45. The fraction of sp³-hybridized carbons (Fsp3) is 0.381. The molecule has 0 N–H and O–H groups in total. The van der Waals surface area contributed by atoms with Crippen LogP contribution >= 0.6 is 11.8 Å². The Labute approximate surface area is 156 Å². The van der Waals surface area contributed by atoms with Crippen LogP contribution in [0.1, 0.15) is 31.0 Å². The molecule has 134 valence electrons. The van der Waals surface area contributed by atoms with Gasteiger partial charge in [-0.05, 0) is 50.4 Å². The Hall–Kier alpha value is -1.78. The van der Waals surface area contributed by atoms with Gasteiger partial charge in [-0.15, -0.1) is 11.8 Å². The van der Waals surface area contributed by atoms with Gasteiger partial charge in [0.15, 0.2) is 0 Å². The highest BCUT2D eigenvalue weighted by Crippen LogP contribution is 2.24. The van der Waals surface area contributed by atoms with Crippen LogP contribution in [0.4, 0.5) is 0 Å². The number of thioether (sulfide) groups is 1. The highest BCUT2D eigenvalue weighted by atomic mass is 32.2. The normalized spacial score (nSPS) is 12.2. The number of rotatable bonds is 8. The van der Waals surface area contributed by atoms with E-state index in [1.807, 2.05) is 56.1 Å². The van der Waals surface area contributed by atoms with Gasteiger partial charge >= 0.3 is 0 Å². The molecule has 2 aromatic rings. The van der Waals surface area contributed by atoms with Crippen LogP contribution < -0.4 is 0 Å². The second kappa shape index (κ2) is 9.64. The topological polar surface area (TPSA) is 23.6 Å². The summed E-state index contributed by atoms with van der Waals surface area (Å²) in [7, 11) is 2.03. The van der Waals surface area contributed by atoms with E-state index >= 15 is 0 Å². The van der Waals surface area contributed by atoms with Gasteiger partial charge in [0.25, 0.3) is 0 Å². The summed E-state index contributed by atoms with van der Waals surface area (Å²) < 4.78 is 0. The summed E-state index contributed by atoms with van der Waals surface area (Å²) in [5.41, 5.74) is 2.26. The molecule has 1 amide bonds. The Bertz CT molecular complexity index is 653. The number of likely N-dealkylation sites (N-methyl/N-ethyl adjacent to an activating group) is 2. The minimum absolute atomic E-state index is 0.166.